The Labute approximate surface area is 222 Å². The summed E-state index contributed by atoms with van der Waals surface area (Å²) in [6.07, 6.45) is 3.43. The molecule has 0 spiro atoms. The summed E-state index contributed by atoms with van der Waals surface area (Å²) < 4.78 is 0. The van der Waals surface area contributed by atoms with Gasteiger partial charge in [-0.25, -0.2) is 10.1 Å². The van der Waals surface area contributed by atoms with Crippen molar-refractivity contribution in [1.29, 1.82) is 0 Å². The van der Waals surface area contributed by atoms with Crippen LogP contribution in [0.5, 0.6) is 0 Å². The third-order valence-corrected chi connectivity index (χ3v) is 5.64. The molecule has 1 aromatic carbocycles. The van der Waals surface area contributed by atoms with Crippen LogP contribution in [0.15, 0.2) is 30.3 Å². The zero-order chi connectivity index (χ0) is 28.2. The molecule has 212 valence electrons. The van der Waals surface area contributed by atoms with Gasteiger partial charge < -0.3 is 15.7 Å². The van der Waals surface area contributed by atoms with Crippen molar-refractivity contribution < 1.29 is 39.5 Å². The lowest BCUT2D eigenvalue weighted by Gasteiger charge is -2.15. The van der Waals surface area contributed by atoms with Gasteiger partial charge in [0.05, 0.1) is 12.8 Å². The van der Waals surface area contributed by atoms with Gasteiger partial charge in [-0.2, -0.15) is 0 Å². The minimum absolute atomic E-state index is 0.0450. The third-order valence-electron chi connectivity index (χ3n) is 5.64. The van der Waals surface area contributed by atoms with E-state index in [4.69, 9.17) is 5.11 Å². The second kappa shape index (κ2) is 19.6. The lowest BCUT2D eigenvalue weighted by Crippen LogP contribution is -2.31. The maximum atomic E-state index is 12.0. The van der Waals surface area contributed by atoms with E-state index in [1.54, 1.807) is 0 Å². The molecule has 0 aliphatic carbocycles. The summed E-state index contributed by atoms with van der Waals surface area (Å²) in [5, 5.41) is 34.8. The molecular formula is C26H40N4O8. The third kappa shape index (κ3) is 16.3. The van der Waals surface area contributed by atoms with Crippen molar-refractivity contribution in [2.75, 3.05) is 26.2 Å². The Kier molecular flexibility index (Phi) is 16.8. The van der Waals surface area contributed by atoms with Gasteiger partial charge in [-0.3, -0.25) is 34.4 Å². The minimum Gasteiger partial charge on any atom is -0.481 e. The normalized spacial score (nSPS) is 10.5. The molecule has 0 aromatic heterocycles. The molecule has 12 heteroatoms. The fourth-order valence-corrected chi connectivity index (χ4v) is 3.44. The fourth-order valence-electron chi connectivity index (χ4n) is 3.44. The first kappa shape index (κ1) is 32.5. The van der Waals surface area contributed by atoms with E-state index >= 15 is 0 Å². The molecule has 0 saturated heterocycles. The van der Waals surface area contributed by atoms with E-state index in [2.05, 4.69) is 10.6 Å². The number of hydrogen-bond acceptors (Lipinski definition) is 7. The maximum absolute atomic E-state index is 12.0. The number of carboxylic acid groups (broad SMARTS) is 1. The highest BCUT2D eigenvalue weighted by atomic mass is 16.5. The molecular weight excluding hydrogens is 496 g/mol. The Balaban J connectivity index is 2.01. The van der Waals surface area contributed by atoms with Gasteiger partial charge in [-0.05, 0) is 44.1 Å². The molecule has 38 heavy (non-hydrogen) atoms. The van der Waals surface area contributed by atoms with Crippen LogP contribution in [0, 0.1) is 0 Å². The lowest BCUT2D eigenvalue weighted by atomic mass is 10.1. The molecule has 0 radical (unpaired) electrons. The van der Waals surface area contributed by atoms with Gasteiger partial charge in [0.2, 0.25) is 23.6 Å². The van der Waals surface area contributed by atoms with Gasteiger partial charge in [-0.15, -0.1) is 0 Å². The number of hydroxylamine groups is 4. The quantitative estimate of drug-likeness (QED) is 0.0953. The first-order valence-corrected chi connectivity index (χ1v) is 13.0. The van der Waals surface area contributed by atoms with Crippen LogP contribution in [0.4, 0.5) is 0 Å². The Hall–Kier alpha value is -3.51. The highest BCUT2D eigenvalue weighted by Crippen LogP contribution is 2.04. The number of unbranched alkanes of at least 4 members (excludes halogenated alkanes) is 4. The molecule has 1 rings (SSSR count). The van der Waals surface area contributed by atoms with Gasteiger partial charge in [0, 0.05) is 45.4 Å². The predicted molar refractivity (Wildman–Crippen MR) is 137 cm³/mol. The Morgan fingerprint density at radius 1 is 0.632 bits per heavy atom. The van der Waals surface area contributed by atoms with Crippen molar-refractivity contribution in [3.63, 3.8) is 0 Å². The summed E-state index contributed by atoms with van der Waals surface area (Å²) in [7, 11) is 0. The maximum Gasteiger partial charge on any atom is 0.303 e. The highest BCUT2D eigenvalue weighted by molar-refractivity contribution is 5.83. The van der Waals surface area contributed by atoms with Crippen LogP contribution in [0.1, 0.15) is 69.8 Å². The summed E-state index contributed by atoms with van der Waals surface area (Å²) in [5.74, 6) is -2.57. The smallest absolute Gasteiger partial charge is 0.303 e. The number of hydrogen-bond donors (Lipinski definition) is 5. The average molecular weight is 537 g/mol. The minimum atomic E-state index is -1.03. The van der Waals surface area contributed by atoms with Crippen molar-refractivity contribution in [3.05, 3.63) is 35.9 Å². The Morgan fingerprint density at radius 3 is 1.66 bits per heavy atom. The molecule has 0 saturated carbocycles. The average Bonchev–Trinajstić information content (AvgIpc) is 2.90. The molecule has 12 nitrogen and oxygen atoms in total. The standard InChI is InChI=1S/C26H40N4O8/c31-22(27-16-7-3-9-19-30(38)25(34)20-21-10-4-1-5-11-21)12-14-24(33)29(37)18-8-2-6-17-28-23(32)13-15-26(35)36/h1,4-5,10-11,37-38H,2-3,6-9,12-20H2,(H,27,31)(H,28,32)(H,35,36). The second-order valence-electron chi connectivity index (χ2n) is 8.91. The first-order chi connectivity index (χ1) is 18.2. The number of carbonyl (C=O) groups is 5. The highest BCUT2D eigenvalue weighted by Gasteiger charge is 2.13. The van der Waals surface area contributed by atoms with E-state index in [-0.39, 0.29) is 62.9 Å². The molecule has 0 aliphatic heterocycles. The van der Waals surface area contributed by atoms with Crippen LogP contribution in [-0.4, -0.2) is 81.4 Å². The van der Waals surface area contributed by atoms with Crippen LogP contribution in [0.3, 0.4) is 0 Å². The molecule has 4 amide bonds. The molecule has 0 fully saturated rings. The number of carboxylic acids is 1. The zero-order valence-electron chi connectivity index (χ0n) is 21.8. The molecule has 0 unspecified atom stereocenters. The van der Waals surface area contributed by atoms with Crippen LogP contribution in [0.25, 0.3) is 0 Å². The van der Waals surface area contributed by atoms with E-state index < -0.39 is 11.9 Å². The number of nitrogens with one attached hydrogen (secondary N) is 2. The number of carbonyl (C=O) groups excluding carboxylic acids is 4. The van der Waals surface area contributed by atoms with Crippen molar-refractivity contribution in [1.82, 2.24) is 20.8 Å². The van der Waals surface area contributed by atoms with Crippen molar-refractivity contribution in [2.45, 2.75) is 70.6 Å². The number of benzene rings is 1. The molecule has 0 atom stereocenters. The largest absolute Gasteiger partial charge is 0.481 e. The summed E-state index contributed by atoms with van der Waals surface area (Å²) in [6.45, 7) is 1.12. The number of amides is 4. The van der Waals surface area contributed by atoms with Gasteiger partial charge in [0.15, 0.2) is 0 Å². The topological polar surface area (TPSA) is 177 Å². The second-order valence-corrected chi connectivity index (χ2v) is 8.91. The Bertz CT molecular complexity index is 881. The zero-order valence-corrected chi connectivity index (χ0v) is 21.8. The first-order valence-electron chi connectivity index (χ1n) is 13.0. The van der Waals surface area contributed by atoms with E-state index in [0.29, 0.717) is 56.7 Å². The van der Waals surface area contributed by atoms with E-state index in [1.807, 2.05) is 30.3 Å². The molecule has 1 aromatic rings. The molecule has 0 bridgehead atoms. The van der Waals surface area contributed by atoms with Crippen LogP contribution < -0.4 is 10.6 Å². The van der Waals surface area contributed by atoms with Crippen LogP contribution in [0.2, 0.25) is 0 Å². The number of nitrogens with zero attached hydrogens (tertiary/aromatic N) is 2. The Morgan fingerprint density at radius 2 is 1.13 bits per heavy atom. The summed E-state index contributed by atoms with van der Waals surface area (Å²) in [6, 6.07) is 9.16. The van der Waals surface area contributed by atoms with Gasteiger partial charge in [0.25, 0.3) is 0 Å². The fraction of sp³-hybridized carbons (Fsp3) is 0.577. The lowest BCUT2D eigenvalue weighted by molar-refractivity contribution is -0.166. The number of rotatable bonds is 20. The van der Waals surface area contributed by atoms with Crippen molar-refractivity contribution >= 4 is 29.6 Å². The predicted octanol–water partition coefficient (Wildman–Crippen LogP) is 1.88. The van der Waals surface area contributed by atoms with Gasteiger partial charge >= 0.3 is 5.97 Å². The van der Waals surface area contributed by atoms with E-state index in [0.717, 1.165) is 10.6 Å². The van der Waals surface area contributed by atoms with Gasteiger partial charge in [-0.1, -0.05) is 30.3 Å². The summed E-state index contributed by atoms with van der Waals surface area (Å²) in [5.41, 5.74) is 0.830. The summed E-state index contributed by atoms with van der Waals surface area (Å²) >= 11 is 0. The SMILES string of the molecule is O=C(O)CCC(=O)NCCCCCN(O)C(=O)CCC(=O)NCCCCCN(O)C(=O)Cc1ccccc1. The van der Waals surface area contributed by atoms with Gasteiger partial charge in [0.1, 0.15) is 0 Å². The van der Waals surface area contributed by atoms with Crippen molar-refractivity contribution in [3.8, 4) is 0 Å². The van der Waals surface area contributed by atoms with E-state index in [9.17, 15) is 34.4 Å². The van der Waals surface area contributed by atoms with Crippen molar-refractivity contribution in [2.24, 2.45) is 0 Å². The monoisotopic (exact) mass is 536 g/mol. The number of aliphatic carboxylic acids is 1. The van der Waals surface area contributed by atoms with Crippen LogP contribution >= 0.6 is 0 Å². The molecule has 0 aliphatic rings. The van der Waals surface area contributed by atoms with E-state index in [1.165, 1.54) is 0 Å². The molecule has 5 N–H and O–H groups in total. The molecule has 0 heterocycles. The van der Waals surface area contributed by atoms with Crippen LogP contribution in [-0.2, 0) is 30.4 Å². The summed E-state index contributed by atoms with van der Waals surface area (Å²) in [4.78, 5) is 57.7.